The first kappa shape index (κ1) is 17.2. The van der Waals surface area contributed by atoms with E-state index in [0.29, 0.717) is 5.56 Å². The Morgan fingerprint density at radius 2 is 1.67 bits per heavy atom. The summed E-state index contributed by atoms with van der Waals surface area (Å²) in [6.45, 7) is 3.27. The monoisotopic (exact) mass is 318 g/mol. The summed E-state index contributed by atoms with van der Waals surface area (Å²) in [6.07, 6.45) is 1.54. The molecule has 0 amide bonds. The van der Waals surface area contributed by atoms with Crippen LogP contribution >= 0.6 is 0 Å². The second-order valence-electron chi connectivity index (χ2n) is 5.04. The Hall–Kier alpha value is -3.12. The molecule has 0 aliphatic heterocycles. The molecule has 2 aromatic carbocycles. The fourth-order valence-corrected chi connectivity index (χ4v) is 2.07. The predicted molar refractivity (Wildman–Crippen MR) is 94.2 cm³/mol. The summed E-state index contributed by atoms with van der Waals surface area (Å²) in [6, 6.07) is 17.0. The summed E-state index contributed by atoms with van der Waals surface area (Å²) in [5, 5.41) is 0. The topological polar surface area (TPSA) is 43.4 Å². The molecule has 3 heteroatoms. The van der Waals surface area contributed by atoms with Gasteiger partial charge in [-0.2, -0.15) is 0 Å². The SMILES string of the molecule is CCOC(=O)C(=Cc1ccccc1C#Cc1ccccc1)C(C)=O. The number of Topliss-reactive ketones (excluding diaryl/α,β-unsaturated/α-hetero) is 1. The van der Waals surface area contributed by atoms with Crippen molar-refractivity contribution in [1.82, 2.24) is 0 Å². The van der Waals surface area contributed by atoms with Gasteiger partial charge in [0.25, 0.3) is 0 Å². The molecule has 0 unspecified atom stereocenters. The van der Waals surface area contributed by atoms with Gasteiger partial charge in [0.15, 0.2) is 5.78 Å². The molecular formula is C21H18O3. The second kappa shape index (κ2) is 8.50. The molecule has 2 rings (SSSR count). The third-order valence-electron chi connectivity index (χ3n) is 3.25. The van der Waals surface area contributed by atoms with Crippen molar-refractivity contribution in [1.29, 1.82) is 0 Å². The number of carbonyl (C=O) groups excluding carboxylic acids is 2. The lowest BCUT2D eigenvalue weighted by Gasteiger charge is -2.05. The van der Waals surface area contributed by atoms with E-state index in [4.69, 9.17) is 4.74 Å². The summed E-state index contributed by atoms with van der Waals surface area (Å²) in [5.74, 6) is 5.22. The zero-order valence-electron chi connectivity index (χ0n) is 13.7. The van der Waals surface area contributed by atoms with Crippen molar-refractivity contribution in [2.24, 2.45) is 0 Å². The van der Waals surface area contributed by atoms with Gasteiger partial charge in [-0.25, -0.2) is 4.79 Å². The number of hydrogen-bond acceptors (Lipinski definition) is 3. The third-order valence-corrected chi connectivity index (χ3v) is 3.25. The number of ether oxygens (including phenoxy) is 1. The molecule has 0 spiro atoms. The molecule has 24 heavy (non-hydrogen) atoms. The van der Waals surface area contributed by atoms with Gasteiger partial charge in [0.05, 0.1) is 6.61 Å². The highest BCUT2D eigenvalue weighted by molar-refractivity contribution is 6.19. The van der Waals surface area contributed by atoms with Crippen LogP contribution < -0.4 is 0 Å². The molecule has 0 heterocycles. The van der Waals surface area contributed by atoms with E-state index in [1.54, 1.807) is 6.92 Å². The molecule has 0 N–H and O–H groups in total. The molecule has 3 nitrogen and oxygen atoms in total. The van der Waals surface area contributed by atoms with Crippen molar-refractivity contribution in [3.8, 4) is 11.8 Å². The average Bonchev–Trinajstić information content (AvgIpc) is 2.59. The first-order valence-electron chi connectivity index (χ1n) is 7.67. The van der Waals surface area contributed by atoms with Gasteiger partial charge >= 0.3 is 5.97 Å². The van der Waals surface area contributed by atoms with Crippen molar-refractivity contribution in [3.63, 3.8) is 0 Å². The average molecular weight is 318 g/mol. The molecule has 0 aliphatic carbocycles. The zero-order valence-corrected chi connectivity index (χ0v) is 13.7. The Kier molecular flexibility index (Phi) is 6.10. The van der Waals surface area contributed by atoms with Crippen molar-refractivity contribution in [3.05, 3.63) is 76.9 Å². The maximum absolute atomic E-state index is 11.9. The van der Waals surface area contributed by atoms with Crippen LogP contribution in [0.15, 0.2) is 60.2 Å². The van der Waals surface area contributed by atoms with Gasteiger partial charge in [0.2, 0.25) is 0 Å². The summed E-state index contributed by atoms with van der Waals surface area (Å²) < 4.78 is 4.94. The van der Waals surface area contributed by atoms with Crippen LogP contribution in [0.2, 0.25) is 0 Å². The van der Waals surface area contributed by atoms with E-state index in [1.807, 2.05) is 54.6 Å². The van der Waals surface area contributed by atoms with Crippen LogP contribution in [0.4, 0.5) is 0 Å². The molecule has 0 aromatic heterocycles. The zero-order chi connectivity index (χ0) is 17.4. The van der Waals surface area contributed by atoms with Crippen LogP contribution in [0.3, 0.4) is 0 Å². The first-order chi connectivity index (χ1) is 11.6. The van der Waals surface area contributed by atoms with E-state index in [1.165, 1.54) is 13.0 Å². The van der Waals surface area contributed by atoms with Crippen LogP contribution in [-0.4, -0.2) is 18.4 Å². The molecule has 0 fully saturated rings. The van der Waals surface area contributed by atoms with Crippen LogP contribution in [-0.2, 0) is 14.3 Å². The van der Waals surface area contributed by atoms with E-state index in [2.05, 4.69) is 11.8 Å². The Labute approximate surface area is 142 Å². The highest BCUT2D eigenvalue weighted by Gasteiger charge is 2.16. The molecule has 120 valence electrons. The fourth-order valence-electron chi connectivity index (χ4n) is 2.07. The normalized spacial score (nSPS) is 10.5. The van der Waals surface area contributed by atoms with Crippen LogP contribution in [0.1, 0.15) is 30.5 Å². The maximum atomic E-state index is 11.9. The maximum Gasteiger partial charge on any atom is 0.341 e. The lowest BCUT2D eigenvalue weighted by molar-refractivity contribution is -0.139. The van der Waals surface area contributed by atoms with Gasteiger partial charge < -0.3 is 4.74 Å². The highest BCUT2D eigenvalue weighted by atomic mass is 16.5. The Bertz CT molecular complexity index is 821. The second-order valence-corrected chi connectivity index (χ2v) is 5.04. The van der Waals surface area contributed by atoms with Crippen LogP contribution in [0, 0.1) is 11.8 Å². The number of esters is 1. The number of ketones is 1. The summed E-state index contributed by atoms with van der Waals surface area (Å²) >= 11 is 0. The number of carbonyl (C=O) groups is 2. The lowest BCUT2D eigenvalue weighted by atomic mass is 10.0. The Balaban J connectivity index is 2.41. The molecule has 0 bridgehead atoms. The van der Waals surface area contributed by atoms with Gasteiger partial charge in [-0.3, -0.25) is 4.79 Å². The molecule has 0 radical (unpaired) electrons. The standard InChI is InChI=1S/C21H18O3/c1-3-24-21(23)20(16(2)22)15-19-12-8-7-11-18(19)14-13-17-9-5-4-6-10-17/h4-12,15H,3H2,1-2H3. The summed E-state index contributed by atoms with van der Waals surface area (Å²) in [7, 11) is 0. The van der Waals surface area contributed by atoms with E-state index in [9.17, 15) is 9.59 Å². The highest BCUT2D eigenvalue weighted by Crippen LogP contribution is 2.14. The van der Waals surface area contributed by atoms with E-state index >= 15 is 0 Å². The van der Waals surface area contributed by atoms with Crippen molar-refractivity contribution in [2.75, 3.05) is 6.61 Å². The molecule has 0 saturated heterocycles. The minimum atomic E-state index is -0.615. The van der Waals surface area contributed by atoms with Crippen LogP contribution in [0.25, 0.3) is 6.08 Å². The minimum absolute atomic E-state index is 0.0193. The lowest BCUT2D eigenvalue weighted by Crippen LogP contribution is -2.13. The molecule has 0 atom stereocenters. The molecule has 0 saturated carbocycles. The van der Waals surface area contributed by atoms with Gasteiger partial charge in [-0.15, -0.1) is 0 Å². The van der Waals surface area contributed by atoms with Crippen molar-refractivity contribution < 1.29 is 14.3 Å². The minimum Gasteiger partial charge on any atom is -0.462 e. The van der Waals surface area contributed by atoms with E-state index in [0.717, 1.165) is 11.1 Å². The first-order valence-corrected chi connectivity index (χ1v) is 7.67. The molecule has 0 aliphatic rings. The largest absolute Gasteiger partial charge is 0.462 e. The van der Waals surface area contributed by atoms with Gasteiger partial charge in [0, 0.05) is 11.1 Å². The third kappa shape index (κ3) is 4.69. The van der Waals surface area contributed by atoms with E-state index < -0.39 is 5.97 Å². The van der Waals surface area contributed by atoms with Crippen LogP contribution in [0.5, 0.6) is 0 Å². The summed E-state index contributed by atoms with van der Waals surface area (Å²) in [4.78, 5) is 23.7. The molecular weight excluding hydrogens is 300 g/mol. The van der Waals surface area contributed by atoms with Crippen molar-refractivity contribution in [2.45, 2.75) is 13.8 Å². The number of hydrogen-bond donors (Lipinski definition) is 0. The number of rotatable bonds is 4. The Morgan fingerprint density at radius 1 is 1.00 bits per heavy atom. The van der Waals surface area contributed by atoms with Gasteiger partial charge in [-0.05, 0) is 43.7 Å². The quantitative estimate of drug-likeness (QED) is 0.284. The molecule has 2 aromatic rings. The smallest absolute Gasteiger partial charge is 0.341 e. The fraction of sp³-hybridized carbons (Fsp3) is 0.143. The van der Waals surface area contributed by atoms with Gasteiger partial charge in [-0.1, -0.05) is 48.2 Å². The van der Waals surface area contributed by atoms with E-state index in [-0.39, 0.29) is 18.0 Å². The summed E-state index contributed by atoms with van der Waals surface area (Å²) in [5.41, 5.74) is 2.36. The number of benzene rings is 2. The van der Waals surface area contributed by atoms with Crippen molar-refractivity contribution >= 4 is 17.8 Å². The Morgan fingerprint density at radius 3 is 2.33 bits per heavy atom. The predicted octanol–water partition coefficient (Wildman–Crippen LogP) is 3.62. The van der Waals surface area contributed by atoms with Gasteiger partial charge in [0.1, 0.15) is 5.57 Å².